The van der Waals surface area contributed by atoms with Crippen molar-refractivity contribution in [3.05, 3.63) is 0 Å². The minimum atomic E-state index is -0.262. The number of hydrogen-bond donors (Lipinski definition) is 1. The van der Waals surface area contributed by atoms with Crippen molar-refractivity contribution >= 4 is 5.97 Å². The largest absolute Gasteiger partial charge is 0.468 e. The first-order chi connectivity index (χ1) is 8.27. The van der Waals surface area contributed by atoms with Crippen molar-refractivity contribution < 1.29 is 19.0 Å². The van der Waals surface area contributed by atoms with Gasteiger partial charge in [0, 0.05) is 13.2 Å². The minimum Gasteiger partial charge on any atom is -0.468 e. The molecule has 0 spiro atoms. The van der Waals surface area contributed by atoms with Crippen molar-refractivity contribution in [3.63, 3.8) is 0 Å². The first-order valence-electron chi connectivity index (χ1n) is 6.28. The first kappa shape index (κ1) is 14.4. The van der Waals surface area contributed by atoms with Crippen molar-refractivity contribution in [2.24, 2.45) is 0 Å². The van der Waals surface area contributed by atoms with Crippen LogP contribution in [0.1, 0.15) is 26.2 Å². The quantitative estimate of drug-likeness (QED) is 0.639. The molecule has 2 atom stereocenters. The van der Waals surface area contributed by atoms with E-state index in [4.69, 9.17) is 14.2 Å². The number of ether oxygens (including phenoxy) is 3. The monoisotopic (exact) mass is 245 g/mol. The number of nitrogens with one attached hydrogen (secondary N) is 1. The summed E-state index contributed by atoms with van der Waals surface area (Å²) < 4.78 is 15.6. The maximum Gasteiger partial charge on any atom is 0.322 e. The topological polar surface area (TPSA) is 56.8 Å². The van der Waals surface area contributed by atoms with Crippen LogP contribution in [-0.4, -0.2) is 51.6 Å². The second-order valence-electron chi connectivity index (χ2n) is 4.17. The number of esters is 1. The van der Waals surface area contributed by atoms with Crippen molar-refractivity contribution in [2.75, 3.05) is 33.5 Å². The lowest BCUT2D eigenvalue weighted by molar-refractivity contribution is -0.143. The van der Waals surface area contributed by atoms with Crippen LogP contribution in [0.25, 0.3) is 0 Å². The highest BCUT2D eigenvalue weighted by atomic mass is 16.5. The van der Waals surface area contributed by atoms with Crippen molar-refractivity contribution in [3.8, 4) is 0 Å². The van der Waals surface area contributed by atoms with Crippen LogP contribution >= 0.6 is 0 Å². The molecule has 0 radical (unpaired) electrons. The molecule has 1 rings (SSSR count). The maximum atomic E-state index is 11.5. The van der Waals surface area contributed by atoms with Gasteiger partial charge in [-0.1, -0.05) is 6.92 Å². The van der Waals surface area contributed by atoms with Gasteiger partial charge in [0.1, 0.15) is 6.04 Å². The Morgan fingerprint density at radius 1 is 1.59 bits per heavy atom. The summed E-state index contributed by atoms with van der Waals surface area (Å²) in [5, 5.41) is 3.16. The van der Waals surface area contributed by atoms with E-state index < -0.39 is 0 Å². The molecule has 0 aromatic carbocycles. The number of carbonyl (C=O) groups is 1. The normalized spacial score (nSPS) is 21.4. The van der Waals surface area contributed by atoms with Gasteiger partial charge in [-0.05, 0) is 25.8 Å². The third-order valence-corrected chi connectivity index (χ3v) is 2.77. The summed E-state index contributed by atoms with van der Waals surface area (Å²) >= 11 is 0. The smallest absolute Gasteiger partial charge is 0.322 e. The molecule has 17 heavy (non-hydrogen) atoms. The molecule has 1 aliphatic heterocycles. The van der Waals surface area contributed by atoms with Crippen LogP contribution in [0.2, 0.25) is 0 Å². The van der Waals surface area contributed by atoms with E-state index in [1.165, 1.54) is 7.11 Å². The number of carbonyl (C=O) groups excluding carboxylic acids is 1. The molecule has 100 valence electrons. The highest BCUT2D eigenvalue weighted by molar-refractivity contribution is 5.75. The Morgan fingerprint density at radius 2 is 2.41 bits per heavy atom. The van der Waals surface area contributed by atoms with Crippen molar-refractivity contribution in [2.45, 2.75) is 38.3 Å². The molecule has 1 saturated heterocycles. The van der Waals surface area contributed by atoms with Crippen LogP contribution in [0.5, 0.6) is 0 Å². The summed E-state index contributed by atoms with van der Waals surface area (Å²) in [5.41, 5.74) is 0. The predicted octanol–water partition coefficient (Wildman–Crippen LogP) is 0.723. The van der Waals surface area contributed by atoms with Crippen LogP contribution in [-0.2, 0) is 19.0 Å². The summed E-state index contributed by atoms with van der Waals surface area (Å²) in [7, 11) is 1.41. The van der Waals surface area contributed by atoms with Gasteiger partial charge in [0.25, 0.3) is 0 Å². The lowest BCUT2D eigenvalue weighted by Gasteiger charge is -2.17. The van der Waals surface area contributed by atoms with Gasteiger partial charge in [0.2, 0.25) is 0 Å². The van der Waals surface area contributed by atoms with E-state index in [0.717, 1.165) is 26.0 Å². The maximum absolute atomic E-state index is 11.5. The zero-order valence-electron chi connectivity index (χ0n) is 10.7. The zero-order valence-corrected chi connectivity index (χ0v) is 10.7. The lowest BCUT2D eigenvalue weighted by Crippen LogP contribution is -2.39. The average molecular weight is 245 g/mol. The number of hydrogen-bond acceptors (Lipinski definition) is 5. The van der Waals surface area contributed by atoms with Gasteiger partial charge in [-0.25, -0.2) is 0 Å². The van der Waals surface area contributed by atoms with E-state index in [1.54, 1.807) is 0 Å². The first-order valence-corrected chi connectivity index (χ1v) is 6.28. The summed E-state index contributed by atoms with van der Waals surface area (Å²) in [6.07, 6.45) is 2.78. The summed E-state index contributed by atoms with van der Waals surface area (Å²) in [6, 6.07) is -0.262. The Hall–Kier alpha value is -0.650. The van der Waals surface area contributed by atoms with Gasteiger partial charge in [-0.15, -0.1) is 0 Å². The molecule has 2 unspecified atom stereocenters. The molecule has 1 fully saturated rings. The Bertz CT molecular complexity index is 217. The Morgan fingerprint density at radius 3 is 3.00 bits per heavy atom. The van der Waals surface area contributed by atoms with E-state index in [1.807, 2.05) is 0 Å². The molecule has 5 heteroatoms. The summed E-state index contributed by atoms with van der Waals surface area (Å²) in [6.45, 7) is 4.88. The van der Waals surface area contributed by atoms with Gasteiger partial charge in [-0.2, -0.15) is 0 Å². The fraction of sp³-hybridized carbons (Fsp3) is 0.917. The number of rotatable bonds is 8. The van der Waals surface area contributed by atoms with Crippen LogP contribution < -0.4 is 5.32 Å². The van der Waals surface area contributed by atoms with Crippen LogP contribution in [0.3, 0.4) is 0 Å². The second kappa shape index (κ2) is 8.44. The lowest BCUT2D eigenvalue weighted by atomic mass is 10.2. The summed E-state index contributed by atoms with van der Waals surface area (Å²) in [5.74, 6) is -0.218. The third-order valence-electron chi connectivity index (χ3n) is 2.77. The molecule has 0 saturated carbocycles. The summed E-state index contributed by atoms with van der Waals surface area (Å²) in [4.78, 5) is 11.5. The highest BCUT2D eigenvalue weighted by Gasteiger charge is 2.20. The van der Waals surface area contributed by atoms with Crippen molar-refractivity contribution in [1.29, 1.82) is 0 Å². The highest BCUT2D eigenvalue weighted by Crippen LogP contribution is 2.09. The van der Waals surface area contributed by atoms with E-state index >= 15 is 0 Å². The molecule has 0 amide bonds. The minimum absolute atomic E-state index is 0.194. The van der Waals surface area contributed by atoms with Crippen LogP contribution in [0, 0.1) is 0 Å². The molecule has 0 aliphatic carbocycles. The Labute approximate surface area is 103 Å². The van der Waals surface area contributed by atoms with Crippen LogP contribution in [0.4, 0.5) is 0 Å². The SMILES string of the molecule is CCCNC(CCOC1CCOC1)C(=O)OC. The van der Waals surface area contributed by atoms with Gasteiger partial charge in [0.05, 0.1) is 19.8 Å². The van der Waals surface area contributed by atoms with Crippen LogP contribution in [0.15, 0.2) is 0 Å². The molecule has 0 aromatic rings. The standard InChI is InChI=1S/C12H23NO4/c1-3-6-13-11(12(14)15-2)5-8-17-10-4-7-16-9-10/h10-11,13H,3-9H2,1-2H3. The fourth-order valence-corrected chi connectivity index (χ4v) is 1.76. The van der Waals surface area contributed by atoms with Gasteiger partial charge in [0.15, 0.2) is 0 Å². The molecule has 0 aromatic heterocycles. The number of methoxy groups -OCH3 is 1. The molecule has 1 heterocycles. The van der Waals surface area contributed by atoms with E-state index in [2.05, 4.69) is 12.2 Å². The molecule has 1 aliphatic rings. The molecular weight excluding hydrogens is 222 g/mol. The van der Waals surface area contributed by atoms with Gasteiger partial charge < -0.3 is 19.5 Å². The second-order valence-corrected chi connectivity index (χ2v) is 4.17. The van der Waals surface area contributed by atoms with Gasteiger partial charge in [-0.3, -0.25) is 4.79 Å². The van der Waals surface area contributed by atoms with Crippen molar-refractivity contribution in [1.82, 2.24) is 5.32 Å². The van der Waals surface area contributed by atoms with E-state index in [-0.39, 0.29) is 18.1 Å². The Kier molecular flexibility index (Phi) is 7.16. The third kappa shape index (κ3) is 5.48. The molecule has 5 nitrogen and oxygen atoms in total. The molecule has 0 bridgehead atoms. The Balaban J connectivity index is 2.19. The molecular formula is C12H23NO4. The van der Waals surface area contributed by atoms with E-state index in [9.17, 15) is 4.79 Å². The van der Waals surface area contributed by atoms with E-state index in [0.29, 0.717) is 19.6 Å². The fourth-order valence-electron chi connectivity index (χ4n) is 1.76. The molecule has 1 N–H and O–H groups in total. The average Bonchev–Trinajstić information content (AvgIpc) is 2.85. The van der Waals surface area contributed by atoms with Gasteiger partial charge >= 0.3 is 5.97 Å². The predicted molar refractivity (Wildman–Crippen MR) is 63.9 cm³/mol. The zero-order chi connectivity index (χ0) is 12.5.